The van der Waals surface area contributed by atoms with Crippen LogP contribution < -0.4 is 16.0 Å². The molecule has 0 aromatic heterocycles. The maximum atomic E-state index is 17.2. The summed E-state index contributed by atoms with van der Waals surface area (Å²) in [5.74, 6) is -5.10. The number of fused-ring (bicyclic) bond motifs is 15. The number of rotatable bonds is 7. The minimum Gasteiger partial charge on any atom is -0.390 e. The number of halogens is 3. The van der Waals surface area contributed by atoms with Gasteiger partial charge in [-0.3, -0.25) is 28.8 Å². The van der Waals surface area contributed by atoms with Crippen LogP contribution >= 0.6 is 0 Å². The van der Waals surface area contributed by atoms with E-state index in [9.17, 15) is 59.4 Å². The lowest BCUT2D eigenvalue weighted by Crippen LogP contribution is -2.70. The van der Waals surface area contributed by atoms with Gasteiger partial charge in [0.2, 0.25) is 0 Å². The summed E-state index contributed by atoms with van der Waals surface area (Å²) >= 11 is 0. The van der Waals surface area contributed by atoms with E-state index in [0.717, 1.165) is 28.7 Å². The second-order valence-electron chi connectivity index (χ2n) is 31.5. The highest BCUT2D eigenvalue weighted by Gasteiger charge is 2.79. The topological polar surface area (TPSA) is 260 Å². The summed E-state index contributed by atoms with van der Waals surface area (Å²) in [6.45, 7) is 19.1. The molecule has 6 unspecified atom stereocenters. The van der Waals surface area contributed by atoms with Crippen molar-refractivity contribution < 1.29 is 72.6 Å². The summed E-state index contributed by atoms with van der Waals surface area (Å²) in [7, 11) is 1.49. The molecule has 1 aromatic rings. The molecule has 92 heavy (non-hydrogen) atoms. The van der Waals surface area contributed by atoms with Crippen LogP contribution in [0.3, 0.4) is 0 Å². The fraction of sp³-hybridized carbons (Fsp3) is 0.676. The molecule has 3 amide bonds. The van der Waals surface area contributed by atoms with Crippen molar-refractivity contribution in [3.05, 3.63) is 107 Å². The molecule has 502 valence electrons. The number of benzene rings is 1. The number of amides is 3. The van der Waals surface area contributed by atoms with Crippen LogP contribution in [-0.4, -0.2) is 131 Å². The molecule has 9 N–H and O–H groups in total. The van der Waals surface area contributed by atoms with Crippen molar-refractivity contribution in [1.29, 1.82) is 0 Å². The smallest absolute Gasteiger partial charge is 0.253 e. The maximum Gasteiger partial charge on any atom is 0.253 e. The number of allylic oxidation sites excluding steroid dienone is 12. The second kappa shape index (κ2) is 22.6. The van der Waals surface area contributed by atoms with Crippen LogP contribution in [0.2, 0.25) is 0 Å². The third-order valence-electron chi connectivity index (χ3n) is 27.8. The van der Waals surface area contributed by atoms with Gasteiger partial charge in [0.25, 0.3) is 17.7 Å². The Morgan fingerprint density at radius 1 is 0.500 bits per heavy atom. The highest BCUT2D eigenvalue weighted by Crippen LogP contribution is 2.74. The van der Waals surface area contributed by atoms with E-state index < -0.39 is 120 Å². The first kappa shape index (κ1) is 68.0. The lowest BCUT2D eigenvalue weighted by Gasteiger charge is -2.62. The van der Waals surface area contributed by atoms with Gasteiger partial charge in [-0.05, 0) is 182 Å². The van der Waals surface area contributed by atoms with Crippen LogP contribution in [0.5, 0.6) is 0 Å². The summed E-state index contributed by atoms with van der Waals surface area (Å²) in [6, 6.07) is 9.50. The third kappa shape index (κ3) is 8.78. The zero-order valence-electron chi connectivity index (χ0n) is 55.4. The predicted octanol–water partition coefficient (Wildman–Crippen LogP) is 8.59. The Hall–Kier alpha value is -5.37. The number of hydrogen-bond donors (Lipinski definition) is 9. The van der Waals surface area contributed by atoms with Crippen molar-refractivity contribution in [3.8, 4) is 0 Å². The SMILES string of the molecule is CCCNC(=O)[C@@]1(O)[C@H](C)CC2C3CCC4=CC(=O)C=C[C@]4(C)[C@@]3(F)[C@@H](O)C[C@@]21C.CNC(=O)[C@@]1(O)[C@H](C)CC2C3CCC4=CC(=O)C=C[C@]4(C)[C@@]3(F)[C@@H](O)C[C@@]21C.C[C@@H]1CC2C3CCC4=CC(=O)C=C[C@]4(C)[C@@]3(F)[C@@H](O)C[C@]2(C)[C@@]1(O)C(=O)NCc1ccccc1. The standard InChI is InChI=1S/C28H34FNO4.C24H34FNO4.C22H30FNO4/c1-17-13-22-21-10-9-19-14-20(31)11-12-25(19,2)27(21,29)23(32)15-26(22,3)28(17,34)24(33)30-16-18-7-5-4-6-8-18;1-5-10-26-20(29)24(30)14(2)11-18-17-7-6-15-12-16(27)8-9-21(15,3)23(17,25)19(28)13-22(18,24)4;1-12-9-16-15-6-5-13-10-14(25)7-8-19(13,2)21(15,23)17(26)11-20(16,3)22(12,28)18(27)24-4/h4-8,11-12,14,17,21-23,32,34H,9-10,13,15-16H2,1-3H3,(H,30,33);8-9,12,14,17-19,28,30H,5-7,10-11,13H2,1-4H3,(H,26,29);7-8,10,12,15-17,26,28H,5-6,9,11H2,1-4H3,(H,24,27)/t17-,21?,22?,23+,25+,26+,27+,28+;14-,17?,18?,19+,21+,22+,23+,24+;12-,15?,16?,17+,19+,20+,21+,22+/m111/s1. The van der Waals surface area contributed by atoms with Gasteiger partial charge in [0.05, 0.1) is 18.3 Å². The Morgan fingerprint density at radius 2 is 0.815 bits per heavy atom. The Balaban J connectivity index is 0.000000142. The summed E-state index contributed by atoms with van der Waals surface area (Å²) in [4.78, 5) is 75.0. The van der Waals surface area contributed by atoms with Gasteiger partial charge in [0.1, 0.15) is 0 Å². The molecule has 0 radical (unpaired) electrons. The summed E-state index contributed by atoms with van der Waals surface area (Å²) < 4.78 is 51.1. The van der Waals surface area contributed by atoms with Gasteiger partial charge in [-0.15, -0.1) is 0 Å². The molecule has 24 atom stereocenters. The molecule has 0 heterocycles. The first-order valence-electron chi connectivity index (χ1n) is 33.8. The Labute approximate surface area is 539 Å². The average molecular weight is 1280 g/mol. The van der Waals surface area contributed by atoms with Gasteiger partial charge in [0.15, 0.2) is 51.2 Å². The fourth-order valence-corrected chi connectivity index (χ4v) is 22.6. The summed E-state index contributed by atoms with van der Waals surface area (Å²) in [6.07, 6.45) is 15.1. The summed E-state index contributed by atoms with van der Waals surface area (Å²) in [5, 5.41) is 77.3. The number of likely N-dealkylation sites (N-methyl/N-ethyl adjacent to an activating group) is 1. The van der Waals surface area contributed by atoms with Crippen LogP contribution in [0.25, 0.3) is 0 Å². The van der Waals surface area contributed by atoms with Crippen molar-refractivity contribution >= 4 is 35.1 Å². The van der Waals surface area contributed by atoms with Gasteiger partial charge < -0.3 is 46.6 Å². The third-order valence-corrected chi connectivity index (χ3v) is 27.8. The Kier molecular flexibility index (Phi) is 16.7. The first-order chi connectivity index (χ1) is 42.9. The molecular weight excluding hydrogens is 1180 g/mol. The van der Waals surface area contributed by atoms with Crippen LogP contribution in [0, 0.1) is 85.8 Å². The van der Waals surface area contributed by atoms with Gasteiger partial charge in [-0.25, -0.2) is 13.2 Å². The van der Waals surface area contributed by atoms with E-state index in [0.29, 0.717) is 70.9 Å². The van der Waals surface area contributed by atoms with Crippen molar-refractivity contribution in [3.63, 3.8) is 0 Å². The molecule has 9 saturated carbocycles. The second-order valence-corrected chi connectivity index (χ2v) is 31.5. The van der Waals surface area contributed by atoms with Gasteiger partial charge in [-0.1, -0.05) is 114 Å². The first-order valence-corrected chi connectivity index (χ1v) is 33.8. The summed E-state index contributed by atoms with van der Waals surface area (Å²) in [5.41, 5.74) is -13.7. The van der Waals surface area contributed by atoms with Crippen molar-refractivity contribution in [2.24, 2.45) is 85.8 Å². The number of nitrogens with one attached hydrogen (secondary N) is 3. The molecule has 9 fully saturated rings. The van der Waals surface area contributed by atoms with Crippen molar-refractivity contribution in [2.45, 2.75) is 211 Å². The highest BCUT2D eigenvalue weighted by atomic mass is 19.2. The molecule has 0 aliphatic heterocycles. The quantitative estimate of drug-likeness (QED) is 0.124. The van der Waals surface area contributed by atoms with E-state index in [1.54, 1.807) is 39.0 Å². The Bertz CT molecular complexity index is 3420. The molecule has 18 heteroatoms. The number of carbonyl (C=O) groups excluding carboxylic acids is 6. The van der Waals surface area contributed by atoms with Crippen LogP contribution in [0.4, 0.5) is 13.2 Å². The molecule has 0 spiro atoms. The number of aliphatic hydroxyl groups excluding tert-OH is 3. The molecular formula is C74H98F3N3O12. The van der Waals surface area contributed by atoms with E-state index in [1.807, 2.05) is 78.8 Å². The molecule has 0 saturated heterocycles. The fourth-order valence-electron chi connectivity index (χ4n) is 22.6. The van der Waals surface area contributed by atoms with Crippen molar-refractivity contribution in [1.82, 2.24) is 16.0 Å². The van der Waals surface area contributed by atoms with E-state index >= 15 is 13.2 Å². The lowest BCUT2D eigenvalue weighted by molar-refractivity contribution is -0.219. The Morgan fingerprint density at radius 3 is 1.13 bits per heavy atom. The highest BCUT2D eigenvalue weighted by molar-refractivity contribution is 6.02. The maximum absolute atomic E-state index is 17.2. The largest absolute Gasteiger partial charge is 0.390 e. The molecule has 0 bridgehead atoms. The zero-order chi connectivity index (χ0) is 67.3. The number of ketones is 3. The molecule has 1 aromatic carbocycles. The van der Waals surface area contributed by atoms with Gasteiger partial charge in [-0.2, -0.15) is 0 Å². The van der Waals surface area contributed by atoms with Gasteiger partial charge >= 0.3 is 0 Å². The number of alkyl halides is 3. The number of aliphatic hydroxyl groups is 6. The molecule has 13 rings (SSSR count). The minimum absolute atomic E-state index is 0.00355. The van der Waals surface area contributed by atoms with E-state index in [-0.39, 0.29) is 72.1 Å². The number of carbonyl (C=O) groups is 6. The molecule has 15 nitrogen and oxygen atoms in total. The zero-order valence-corrected chi connectivity index (χ0v) is 55.4. The monoisotopic (exact) mass is 1280 g/mol. The van der Waals surface area contributed by atoms with E-state index in [4.69, 9.17) is 0 Å². The van der Waals surface area contributed by atoms with E-state index in [1.165, 1.54) is 43.5 Å². The number of hydrogen-bond acceptors (Lipinski definition) is 12. The van der Waals surface area contributed by atoms with Crippen LogP contribution in [0.1, 0.15) is 158 Å². The average Bonchev–Trinajstić information content (AvgIpc) is 1.38. The normalized spacial score (nSPS) is 48.8. The predicted molar refractivity (Wildman–Crippen MR) is 339 cm³/mol. The lowest BCUT2D eigenvalue weighted by atomic mass is 9.44. The minimum atomic E-state index is -1.97. The van der Waals surface area contributed by atoms with Gasteiger partial charge in [0, 0.05) is 70.4 Å². The van der Waals surface area contributed by atoms with Crippen LogP contribution in [-0.2, 0) is 35.3 Å². The van der Waals surface area contributed by atoms with E-state index in [2.05, 4.69) is 16.0 Å². The molecule has 12 aliphatic carbocycles. The molecule has 12 aliphatic rings. The van der Waals surface area contributed by atoms with Crippen LogP contribution in [0.15, 0.2) is 102 Å². The van der Waals surface area contributed by atoms with Crippen molar-refractivity contribution in [2.75, 3.05) is 13.6 Å².